The van der Waals surface area contributed by atoms with Gasteiger partial charge in [-0.05, 0) is 12.1 Å². The number of rotatable bonds is 4. The van der Waals surface area contributed by atoms with Crippen LogP contribution in [-0.4, -0.2) is 20.9 Å². The molecular weight excluding hydrogens is 204 g/mol. The van der Waals surface area contributed by atoms with E-state index in [-0.39, 0.29) is 5.91 Å². The van der Waals surface area contributed by atoms with Gasteiger partial charge >= 0.3 is 0 Å². The number of benzene rings is 1. The summed E-state index contributed by atoms with van der Waals surface area (Å²) < 4.78 is 0. The number of aryl methyl sites for hydroxylation is 1. The maximum absolute atomic E-state index is 10.6. The molecule has 0 aliphatic rings. The van der Waals surface area contributed by atoms with Crippen LogP contribution in [0.2, 0.25) is 0 Å². The van der Waals surface area contributed by atoms with Crippen molar-refractivity contribution in [1.82, 2.24) is 15.0 Å². The SMILES string of the molecule is NC(=O)CCc1cnn(-c2ccccc2)n1. The number of amides is 1. The molecule has 1 aromatic heterocycles. The highest BCUT2D eigenvalue weighted by atomic mass is 16.1. The number of para-hydroxylation sites is 1. The summed E-state index contributed by atoms with van der Waals surface area (Å²) in [6.45, 7) is 0. The summed E-state index contributed by atoms with van der Waals surface area (Å²) in [5, 5.41) is 8.37. The fraction of sp³-hybridized carbons (Fsp3) is 0.182. The second kappa shape index (κ2) is 4.57. The monoisotopic (exact) mass is 216 g/mol. The third-order valence-corrected chi connectivity index (χ3v) is 2.15. The Balaban J connectivity index is 2.11. The van der Waals surface area contributed by atoms with Crippen molar-refractivity contribution in [2.24, 2.45) is 5.73 Å². The Morgan fingerprint density at radius 2 is 2.06 bits per heavy atom. The molecule has 0 unspecified atom stereocenters. The third-order valence-electron chi connectivity index (χ3n) is 2.15. The summed E-state index contributed by atoms with van der Waals surface area (Å²) in [5.41, 5.74) is 6.73. The lowest BCUT2D eigenvalue weighted by molar-refractivity contribution is -0.118. The average molecular weight is 216 g/mol. The van der Waals surface area contributed by atoms with Gasteiger partial charge in [0.2, 0.25) is 5.91 Å². The maximum Gasteiger partial charge on any atom is 0.217 e. The van der Waals surface area contributed by atoms with Crippen molar-refractivity contribution in [2.45, 2.75) is 12.8 Å². The van der Waals surface area contributed by atoms with Crippen molar-refractivity contribution in [2.75, 3.05) is 0 Å². The van der Waals surface area contributed by atoms with E-state index in [1.54, 1.807) is 6.20 Å². The zero-order valence-electron chi connectivity index (χ0n) is 8.71. The van der Waals surface area contributed by atoms with Crippen molar-refractivity contribution in [3.8, 4) is 5.69 Å². The molecule has 0 saturated carbocycles. The van der Waals surface area contributed by atoms with Crippen molar-refractivity contribution in [1.29, 1.82) is 0 Å². The van der Waals surface area contributed by atoms with Crippen LogP contribution >= 0.6 is 0 Å². The zero-order chi connectivity index (χ0) is 11.4. The molecule has 1 heterocycles. The number of nitrogens with two attached hydrogens (primary N) is 1. The van der Waals surface area contributed by atoms with E-state index in [1.807, 2.05) is 30.3 Å². The minimum atomic E-state index is -0.325. The van der Waals surface area contributed by atoms with Crippen LogP contribution in [0.4, 0.5) is 0 Å². The Bertz CT molecular complexity index is 478. The minimum absolute atomic E-state index is 0.299. The summed E-state index contributed by atoms with van der Waals surface area (Å²) in [4.78, 5) is 12.2. The summed E-state index contributed by atoms with van der Waals surface area (Å²) in [7, 11) is 0. The van der Waals surface area contributed by atoms with E-state index in [2.05, 4.69) is 10.2 Å². The quantitative estimate of drug-likeness (QED) is 0.816. The summed E-state index contributed by atoms with van der Waals surface area (Å²) in [6, 6.07) is 9.60. The standard InChI is InChI=1S/C11H12N4O/c12-11(16)7-6-9-8-13-15(14-9)10-4-2-1-3-5-10/h1-5,8H,6-7H2,(H2,12,16). The molecule has 0 spiro atoms. The average Bonchev–Trinajstić information content (AvgIpc) is 2.76. The number of carbonyl (C=O) groups excluding carboxylic acids is 1. The molecule has 0 fully saturated rings. The molecule has 5 heteroatoms. The van der Waals surface area contributed by atoms with Crippen LogP contribution in [0, 0.1) is 0 Å². The molecule has 1 aromatic carbocycles. The lowest BCUT2D eigenvalue weighted by Gasteiger charge is -1.97. The summed E-state index contributed by atoms with van der Waals surface area (Å²) in [6.07, 6.45) is 2.48. The molecule has 82 valence electrons. The van der Waals surface area contributed by atoms with Crippen molar-refractivity contribution in [3.05, 3.63) is 42.2 Å². The van der Waals surface area contributed by atoms with Gasteiger partial charge in [0, 0.05) is 12.8 Å². The molecule has 0 aliphatic carbocycles. The number of aromatic nitrogens is 3. The van der Waals surface area contributed by atoms with Crippen LogP contribution in [0.5, 0.6) is 0 Å². The Morgan fingerprint density at radius 1 is 1.31 bits per heavy atom. The van der Waals surface area contributed by atoms with Gasteiger partial charge in [-0.1, -0.05) is 18.2 Å². The first kappa shape index (κ1) is 10.4. The molecule has 2 N–H and O–H groups in total. The minimum Gasteiger partial charge on any atom is -0.370 e. The third kappa shape index (κ3) is 2.44. The van der Waals surface area contributed by atoms with Crippen LogP contribution < -0.4 is 5.73 Å². The van der Waals surface area contributed by atoms with Gasteiger partial charge in [-0.15, -0.1) is 0 Å². The highest BCUT2D eigenvalue weighted by Gasteiger charge is 2.03. The molecule has 2 aromatic rings. The maximum atomic E-state index is 10.6. The first-order valence-electron chi connectivity index (χ1n) is 5.00. The van der Waals surface area contributed by atoms with Crippen LogP contribution in [0.3, 0.4) is 0 Å². The Kier molecular flexibility index (Phi) is 2.95. The van der Waals surface area contributed by atoms with E-state index in [4.69, 9.17) is 5.73 Å². The summed E-state index contributed by atoms with van der Waals surface area (Å²) in [5.74, 6) is -0.325. The van der Waals surface area contributed by atoms with Gasteiger partial charge in [0.1, 0.15) is 0 Å². The van der Waals surface area contributed by atoms with Gasteiger partial charge in [-0.3, -0.25) is 4.79 Å². The van der Waals surface area contributed by atoms with Gasteiger partial charge in [0.05, 0.1) is 17.6 Å². The van der Waals surface area contributed by atoms with Crippen molar-refractivity contribution >= 4 is 5.91 Å². The number of nitrogens with zero attached hydrogens (tertiary/aromatic N) is 3. The molecule has 0 atom stereocenters. The van der Waals surface area contributed by atoms with E-state index in [1.165, 1.54) is 4.80 Å². The van der Waals surface area contributed by atoms with Gasteiger partial charge in [0.15, 0.2) is 0 Å². The van der Waals surface area contributed by atoms with E-state index in [0.717, 1.165) is 11.4 Å². The normalized spacial score (nSPS) is 10.2. The molecule has 0 radical (unpaired) electrons. The molecule has 5 nitrogen and oxygen atoms in total. The Hall–Kier alpha value is -2.17. The lowest BCUT2D eigenvalue weighted by atomic mass is 10.2. The van der Waals surface area contributed by atoms with Gasteiger partial charge in [-0.2, -0.15) is 15.0 Å². The second-order valence-electron chi connectivity index (χ2n) is 3.43. The molecule has 2 rings (SSSR count). The molecule has 0 aliphatic heterocycles. The van der Waals surface area contributed by atoms with Crippen LogP contribution in [-0.2, 0) is 11.2 Å². The first-order valence-corrected chi connectivity index (χ1v) is 5.00. The van der Waals surface area contributed by atoms with Gasteiger partial charge < -0.3 is 5.73 Å². The fourth-order valence-electron chi connectivity index (χ4n) is 1.35. The van der Waals surface area contributed by atoms with Gasteiger partial charge in [-0.25, -0.2) is 0 Å². The number of carbonyl (C=O) groups is 1. The Morgan fingerprint density at radius 3 is 2.75 bits per heavy atom. The molecular formula is C11H12N4O. The topological polar surface area (TPSA) is 73.8 Å². The molecule has 1 amide bonds. The second-order valence-corrected chi connectivity index (χ2v) is 3.43. The van der Waals surface area contributed by atoms with E-state index >= 15 is 0 Å². The van der Waals surface area contributed by atoms with Crippen molar-refractivity contribution in [3.63, 3.8) is 0 Å². The van der Waals surface area contributed by atoms with E-state index in [9.17, 15) is 4.79 Å². The summed E-state index contributed by atoms with van der Waals surface area (Å²) >= 11 is 0. The largest absolute Gasteiger partial charge is 0.370 e. The first-order chi connectivity index (χ1) is 7.75. The van der Waals surface area contributed by atoms with Crippen LogP contribution in [0.1, 0.15) is 12.1 Å². The van der Waals surface area contributed by atoms with E-state index < -0.39 is 0 Å². The number of hydrogen-bond donors (Lipinski definition) is 1. The predicted molar refractivity (Wildman–Crippen MR) is 58.9 cm³/mol. The lowest BCUT2D eigenvalue weighted by Crippen LogP contribution is -2.11. The molecule has 0 bridgehead atoms. The highest BCUT2D eigenvalue weighted by molar-refractivity contribution is 5.73. The molecule has 0 saturated heterocycles. The molecule has 16 heavy (non-hydrogen) atoms. The zero-order valence-corrected chi connectivity index (χ0v) is 8.71. The van der Waals surface area contributed by atoms with E-state index in [0.29, 0.717) is 12.8 Å². The van der Waals surface area contributed by atoms with Crippen molar-refractivity contribution < 1.29 is 4.79 Å². The number of primary amides is 1. The Labute approximate surface area is 92.9 Å². The van der Waals surface area contributed by atoms with Crippen LogP contribution in [0.15, 0.2) is 36.5 Å². The number of hydrogen-bond acceptors (Lipinski definition) is 3. The predicted octanol–water partition coefficient (Wildman–Crippen LogP) is 0.685. The van der Waals surface area contributed by atoms with Crippen LogP contribution in [0.25, 0.3) is 5.69 Å². The smallest absolute Gasteiger partial charge is 0.217 e. The fourth-order valence-corrected chi connectivity index (χ4v) is 1.35. The highest BCUT2D eigenvalue weighted by Crippen LogP contribution is 2.05. The van der Waals surface area contributed by atoms with Gasteiger partial charge in [0.25, 0.3) is 0 Å².